The largest absolute Gasteiger partial charge is 0.355 e. The number of carbonyl (C=O) groups excluding carboxylic acids is 1. The molecule has 2 saturated heterocycles. The maximum Gasteiger partial charge on any atom is 0.209 e. The molecule has 1 N–H and O–H groups in total. The van der Waals surface area contributed by atoms with Crippen molar-refractivity contribution in [1.29, 1.82) is 5.26 Å². The quantitative estimate of drug-likeness (QED) is 0.767. The maximum atomic E-state index is 11.0. The summed E-state index contributed by atoms with van der Waals surface area (Å²) in [7, 11) is 0. The summed E-state index contributed by atoms with van der Waals surface area (Å²) in [4.78, 5) is 24.1. The molecular formula is C23H28N6O. The van der Waals surface area contributed by atoms with E-state index in [2.05, 4.69) is 40.3 Å². The number of aromatic nitrogens is 2. The number of likely N-dealkylation sites (tertiary alicyclic amines) is 1. The maximum absolute atomic E-state index is 11.0. The van der Waals surface area contributed by atoms with Gasteiger partial charge in [-0.25, -0.2) is 9.97 Å². The Morgan fingerprint density at radius 3 is 2.43 bits per heavy atom. The number of benzene rings is 1. The first-order valence-corrected chi connectivity index (χ1v) is 10.7. The monoisotopic (exact) mass is 404 g/mol. The minimum absolute atomic E-state index is 0.0733. The third-order valence-electron chi connectivity index (χ3n) is 6.44. The normalized spacial score (nSPS) is 18.5. The minimum atomic E-state index is 0.0733. The predicted molar refractivity (Wildman–Crippen MR) is 117 cm³/mol. The molecule has 0 unspecified atom stereocenters. The van der Waals surface area contributed by atoms with Crippen molar-refractivity contribution in [2.75, 3.05) is 36.4 Å². The highest BCUT2D eigenvalue weighted by Crippen LogP contribution is 2.35. The van der Waals surface area contributed by atoms with Crippen molar-refractivity contribution in [2.24, 2.45) is 0 Å². The minimum Gasteiger partial charge on any atom is -0.355 e. The van der Waals surface area contributed by atoms with E-state index in [1.54, 1.807) is 6.20 Å². The molecule has 0 bridgehead atoms. The molecule has 0 aliphatic carbocycles. The first kappa shape index (κ1) is 20.1. The van der Waals surface area contributed by atoms with Crippen LogP contribution < -0.4 is 10.2 Å². The highest BCUT2D eigenvalue weighted by atomic mass is 16.1. The molecule has 2 aromatic rings. The summed E-state index contributed by atoms with van der Waals surface area (Å²) in [6, 6.07) is 10.5. The number of hydrogen-bond acceptors (Lipinski definition) is 6. The lowest BCUT2D eigenvalue weighted by Gasteiger charge is -2.38. The molecule has 2 aliphatic heterocycles. The van der Waals surface area contributed by atoms with Gasteiger partial charge in [-0.1, -0.05) is 19.1 Å². The zero-order valence-corrected chi connectivity index (χ0v) is 17.5. The Balaban J connectivity index is 1.50. The van der Waals surface area contributed by atoms with E-state index >= 15 is 0 Å². The fraction of sp³-hybridized carbons (Fsp3) is 0.478. The molecule has 156 valence electrons. The number of nitriles is 1. The average molecular weight is 405 g/mol. The average Bonchev–Trinajstić information content (AvgIpc) is 2.80. The van der Waals surface area contributed by atoms with Gasteiger partial charge in [0.15, 0.2) is 11.5 Å². The number of amides is 1. The summed E-state index contributed by atoms with van der Waals surface area (Å²) >= 11 is 0. The van der Waals surface area contributed by atoms with Crippen LogP contribution in [0.5, 0.6) is 0 Å². The second-order valence-electron chi connectivity index (χ2n) is 8.49. The molecule has 0 radical (unpaired) electrons. The molecule has 1 aromatic carbocycles. The van der Waals surface area contributed by atoms with E-state index in [0.717, 1.165) is 69.8 Å². The van der Waals surface area contributed by atoms with Crippen molar-refractivity contribution < 1.29 is 4.79 Å². The van der Waals surface area contributed by atoms with Crippen LogP contribution in [0.4, 0.5) is 17.3 Å². The van der Waals surface area contributed by atoms with Gasteiger partial charge >= 0.3 is 0 Å². The van der Waals surface area contributed by atoms with E-state index in [1.807, 2.05) is 17.0 Å². The van der Waals surface area contributed by atoms with Crippen LogP contribution in [0.25, 0.3) is 0 Å². The molecule has 3 heterocycles. The number of nitrogens with zero attached hydrogens (tertiary/aromatic N) is 5. The first-order chi connectivity index (χ1) is 14.6. The summed E-state index contributed by atoms with van der Waals surface area (Å²) in [6.07, 6.45) is 8.14. The third-order valence-corrected chi connectivity index (χ3v) is 6.44. The van der Waals surface area contributed by atoms with Gasteiger partial charge in [0.05, 0.1) is 6.20 Å². The van der Waals surface area contributed by atoms with Gasteiger partial charge < -0.3 is 15.1 Å². The van der Waals surface area contributed by atoms with Crippen molar-refractivity contribution in [3.05, 3.63) is 41.7 Å². The number of piperidine rings is 2. The van der Waals surface area contributed by atoms with Gasteiger partial charge in [0, 0.05) is 31.9 Å². The number of rotatable bonds is 5. The Morgan fingerprint density at radius 2 is 1.80 bits per heavy atom. The molecule has 1 aromatic heterocycles. The zero-order chi connectivity index (χ0) is 21.0. The second-order valence-corrected chi connectivity index (χ2v) is 8.49. The van der Waals surface area contributed by atoms with E-state index in [9.17, 15) is 10.1 Å². The third kappa shape index (κ3) is 4.23. The van der Waals surface area contributed by atoms with Gasteiger partial charge in [-0.3, -0.25) is 4.79 Å². The van der Waals surface area contributed by atoms with Gasteiger partial charge in [0.25, 0.3) is 0 Å². The number of carbonyl (C=O) groups is 1. The second kappa shape index (κ2) is 8.70. The van der Waals surface area contributed by atoms with Crippen LogP contribution in [0.1, 0.15) is 50.3 Å². The SMILES string of the molecule is CC1(c2ccc(Nc3nc(N4CCCCC4)cnc3C#N)cc2)CCN(C=O)CC1. The van der Waals surface area contributed by atoms with Crippen molar-refractivity contribution in [3.63, 3.8) is 0 Å². The topological polar surface area (TPSA) is 85.2 Å². The van der Waals surface area contributed by atoms with Crippen LogP contribution in [0, 0.1) is 11.3 Å². The highest BCUT2D eigenvalue weighted by Gasteiger charge is 2.31. The Labute approximate surface area is 177 Å². The van der Waals surface area contributed by atoms with E-state index < -0.39 is 0 Å². The molecule has 30 heavy (non-hydrogen) atoms. The van der Waals surface area contributed by atoms with Crippen molar-refractivity contribution in [2.45, 2.75) is 44.4 Å². The Morgan fingerprint density at radius 1 is 1.10 bits per heavy atom. The van der Waals surface area contributed by atoms with E-state index in [0.29, 0.717) is 11.5 Å². The van der Waals surface area contributed by atoms with Crippen LogP contribution in [-0.4, -0.2) is 47.5 Å². The summed E-state index contributed by atoms with van der Waals surface area (Å²) in [5.74, 6) is 1.32. The van der Waals surface area contributed by atoms with E-state index in [-0.39, 0.29) is 5.41 Å². The Kier molecular flexibility index (Phi) is 5.84. The standard InChI is InChI=1S/C23H28N6O/c1-23(9-13-28(17-30)14-10-23)18-5-7-19(8-6-18)26-22-20(15-24)25-16-21(27-22)29-11-3-2-4-12-29/h5-8,16-17H,2-4,9-14H2,1H3,(H,26,27). The molecule has 1 amide bonds. The molecule has 0 saturated carbocycles. The molecule has 0 spiro atoms. The van der Waals surface area contributed by atoms with Gasteiger partial charge in [0.1, 0.15) is 11.9 Å². The van der Waals surface area contributed by atoms with Gasteiger partial charge in [0.2, 0.25) is 6.41 Å². The van der Waals surface area contributed by atoms with Crippen molar-refractivity contribution in [1.82, 2.24) is 14.9 Å². The van der Waals surface area contributed by atoms with Gasteiger partial charge in [-0.05, 0) is 55.2 Å². The number of hydrogen-bond donors (Lipinski definition) is 1. The molecule has 2 fully saturated rings. The van der Waals surface area contributed by atoms with Crippen molar-refractivity contribution >= 4 is 23.7 Å². The van der Waals surface area contributed by atoms with Crippen LogP contribution in [0.15, 0.2) is 30.5 Å². The molecular weight excluding hydrogens is 376 g/mol. The highest BCUT2D eigenvalue weighted by molar-refractivity contribution is 5.63. The van der Waals surface area contributed by atoms with Crippen LogP contribution >= 0.6 is 0 Å². The number of anilines is 3. The van der Waals surface area contributed by atoms with E-state index in [4.69, 9.17) is 4.98 Å². The smallest absolute Gasteiger partial charge is 0.209 e. The Hall–Kier alpha value is -3.14. The van der Waals surface area contributed by atoms with Crippen molar-refractivity contribution in [3.8, 4) is 6.07 Å². The molecule has 0 atom stereocenters. The Bertz CT molecular complexity index is 922. The molecule has 7 nitrogen and oxygen atoms in total. The molecule has 7 heteroatoms. The fourth-order valence-corrected chi connectivity index (χ4v) is 4.33. The first-order valence-electron chi connectivity index (χ1n) is 10.7. The number of nitrogens with one attached hydrogen (secondary N) is 1. The molecule has 4 rings (SSSR count). The molecule has 2 aliphatic rings. The van der Waals surface area contributed by atoms with Gasteiger partial charge in [-0.2, -0.15) is 5.26 Å². The van der Waals surface area contributed by atoms with Crippen LogP contribution in [0.2, 0.25) is 0 Å². The van der Waals surface area contributed by atoms with Gasteiger partial charge in [-0.15, -0.1) is 0 Å². The summed E-state index contributed by atoms with van der Waals surface area (Å²) in [6.45, 7) is 5.82. The lowest BCUT2D eigenvalue weighted by atomic mass is 9.74. The predicted octanol–water partition coefficient (Wildman–Crippen LogP) is 3.59. The summed E-state index contributed by atoms with van der Waals surface area (Å²) < 4.78 is 0. The zero-order valence-electron chi connectivity index (χ0n) is 17.5. The summed E-state index contributed by atoms with van der Waals surface area (Å²) in [5.41, 5.74) is 2.53. The summed E-state index contributed by atoms with van der Waals surface area (Å²) in [5, 5.41) is 12.7. The van der Waals surface area contributed by atoms with E-state index in [1.165, 1.54) is 12.0 Å². The lowest BCUT2D eigenvalue weighted by Crippen LogP contribution is -2.40. The fourth-order valence-electron chi connectivity index (χ4n) is 4.33. The van der Waals surface area contributed by atoms with Crippen LogP contribution in [-0.2, 0) is 10.2 Å². The van der Waals surface area contributed by atoms with Crippen LogP contribution in [0.3, 0.4) is 0 Å². The lowest BCUT2D eigenvalue weighted by molar-refractivity contribution is -0.119.